The molecule has 190 valence electrons. The van der Waals surface area contributed by atoms with Gasteiger partial charge in [-0.15, -0.1) is 0 Å². The zero-order valence-corrected chi connectivity index (χ0v) is 20.8. The van der Waals surface area contributed by atoms with E-state index in [9.17, 15) is 9.18 Å². The van der Waals surface area contributed by atoms with Crippen LogP contribution in [0.2, 0.25) is 0 Å². The molecule has 8 heteroatoms. The second-order valence-corrected chi connectivity index (χ2v) is 10.1. The Bertz CT molecular complexity index is 1790. The Labute approximate surface area is 217 Å². The first-order chi connectivity index (χ1) is 18.5. The smallest absolute Gasteiger partial charge is 0.439 e. The molecule has 3 aromatic carbocycles. The normalized spacial score (nSPS) is 16.1. The number of halogens is 1. The molecule has 0 spiro atoms. The zero-order chi connectivity index (χ0) is 25.8. The number of H-pyrrole nitrogens is 1. The highest BCUT2D eigenvalue weighted by Gasteiger charge is 2.26. The zero-order valence-electron chi connectivity index (χ0n) is 20.8. The molecule has 0 atom stereocenters. The minimum atomic E-state index is -0.630. The number of ether oxygens (including phenoxy) is 1. The van der Waals surface area contributed by atoms with E-state index in [1.807, 2.05) is 13.0 Å². The number of fused-ring (bicyclic) bond motifs is 3. The van der Waals surface area contributed by atoms with Crippen molar-refractivity contribution in [1.82, 2.24) is 19.7 Å². The van der Waals surface area contributed by atoms with Crippen LogP contribution in [0.3, 0.4) is 0 Å². The van der Waals surface area contributed by atoms with Crippen molar-refractivity contribution in [2.75, 3.05) is 0 Å². The van der Waals surface area contributed by atoms with Crippen molar-refractivity contribution in [3.8, 4) is 5.75 Å². The standard InChI is InChI=1S/C30H25FN4O3/c1-17(29-33-30(36)38-34-29)28-22-10-8-19(12-20(22)16-37-26-14-21(31)9-11-23(26)28)15-35-25-5-3-2-4-24(25)32-27(35)13-18-6-7-18/h2-5,8-12,14,18H,6-7,13,15-16H2,1H3,(H,33,34,36)/b28-17-. The highest BCUT2D eigenvalue weighted by Crippen LogP contribution is 2.41. The molecule has 7 nitrogen and oxygen atoms in total. The Kier molecular flexibility index (Phi) is 5.28. The molecular weight excluding hydrogens is 483 g/mol. The molecule has 1 fully saturated rings. The number of aromatic nitrogens is 4. The van der Waals surface area contributed by atoms with Gasteiger partial charge in [0.2, 0.25) is 0 Å². The van der Waals surface area contributed by atoms with Crippen LogP contribution in [0, 0.1) is 11.7 Å². The highest BCUT2D eigenvalue weighted by molar-refractivity contribution is 5.99. The summed E-state index contributed by atoms with van der Waals surface area (Å²) in [6, 6.07) is 19.1. The summed E-state index contributed by atoms with van der Waals surface area (Å²) in [5.41, 5.74) is 7.41. The molecule has 1 saturated carbocycles. The number of imidazole rings is 1. The van der Waals surface area contributed by atoms with Gasteiger partial charge in [-0.25, -0.2) is 14.2 Å². The van der Waals surface area contributed by atoms with Gasteiger partial charge in [0.1, 0.15) is 24.0 Å². The fourth-order valence-corrected chi connectivity index (χ4v) is 5.37. The third-order valence-corrected chi connectivity index (χ3v) is 7.45. The van der Waals surface area contributed by atoms with E-state index < -0.39 is 5.76 Å². The SMILES string of the molecule is C/C(=C1\c2ccc(Cn3c(CC4CC4)nc4ccccc43)cc2COc2cc(F)ccc21)c1noc(=O)[nH]1. The number of nitrogens with one attached hydrogen (secondary N) is 1. The van der Waals surface area contributed by atoms with Crippen molar-refractivity contribution in [2.45, 2.75) is 39.3 Å². The lowest BCUT2D eigenvalue weighted by Crippen LogP contribution is -2.07. The van der Waals surface area contributed by atoms with Crippen LogP contribution in [0.1, 0.15) is 53.7 Å². The van der Waals surface area contributed by atoms with Crippen molar-refractivity contribution in [3.63, 3.8) is 0 Å². The van der Waals surface area contributed by atoms with Gasteiger partial charge in [-0.05, 0) is 78.3 Å². The van der Waals surface area contributed by atoms with E-state index in [4.69, 9.17) is 14.2 Å². The summed E-state index contributed by atoms with van der Waals surface area (Å²) in [7, 11) is 0. The third kappa shape index (κ3) is 4.02. The van der Waals surface area contributed by atoms with E-state index in [2.05, 4.69) is 51.1 Å². The summed E-state index contributed by atoms with van der Waals surface area (Å²) in [4.78, 5) is 19.3. The van der Waals surface area contributed by atoms with Crippen molar-refractivity contribution < 1.29 is 13.7 Å². The Hall–Kier alpha value is -4.46. The lowest BCUT2D eigenvalue weighted by molar-refractivity contribution is 0.305. The quantitative estimate of drug-likeness (QED) is 0.328. The molecule has 3 heterocycles. The van der Waals surface area contributed by atoms with Gasteiger partial charge in [0.05, 0.1) is 11.0 Å². The molecule has 1 N–H and O–H groups in total. The van der Waals surface area contributed by atoms with Crippen molar-refractivity contribution >= 4 is 22.2 Å². The number of para-hydroxylation sites is 2. The van der Waals surface area contributed by atoms with E-state index in [-0.39, 0.29) is 12.4 Å². The summed E-state index contributed by atoms with van der Waals surface area (Å²) in [6.45, 7) is 2.83. The summed E-state index contributed by atoms with van der Waals surface area (Å²) in [6.07, 6.45) is 3.53. The van der Waals surface area contributed by atoms with Crippen LogP contribution in [-0.4, -0.2) is 19.7 Å². The van der Waals surface area contributed by atoms with Crippen molar-refractivity contribution in [3.05, 3.63) is 111 Å². The Morgan fingerprint density at radius 1 is 1.11 bits per heavy atom. The van der Waals surface area contributed by atoms with E-state index >= 15 is 0 Å². The minimum absolute atomic E-state index is 0.283. The lowest BCUT2D eigenvalue weighted by atomic mass is 9.89. The second kappa shape index (κ2) is 8.83. The van der Waals surface area contributed by atoms with Gasteiger partial charge < -0.3 is 9.30 Å². The summed E-state index contributed by atoms with van der Waals surface area (Å²) >= 11 is 0. The van der Waals surface area contributed by atoms with Gasteiger partial charge in [-0.2, -0.15) is 0 Å². The largest absolute Gasteiger partial charge is 0.488 e. The van der Waals surface area contributed by atoms with E-state index in [1.165, 1.54) is 25.0 Å². The van der Waals surface area contributed by atoms with Crippen LogP contribution in [-0.2, 0) is 19.6 Å². The first-order valence-electron chi connectivity index (χ1n) is 12.8. The predicted octanol–water partition coefficient (Wildman–Crippen LogP) is 5.72. The molecule has 1 aliphatic carbocycles. The molecule has 2 aromatic heterocycles. The number of hydrogen-bond donors (Lipinski definition) is 1. The van der Waals surface area contributed by atoms with Crippen LogP contribution in [0.15, 0.2) is 70.0 Å². The molecule has 38 heavy (non-hydrogen) atoms. The molecule has 0 bridgehead atoms. The maximum absolute atomic E-state index is 14.2. The summed E-state index contributed by atoms with van der Waals surface area (Å²) in [5.74, 6) is 1.60. The molecule has 0 unspecified atom stereocenters. The molecule has 0 radical (unpaired) electrons. The van der Waals surface area contributed by atoms with E-state index in [1.54, 1.807) is 6.07 Å². The van der Waals surface area contributed by atoms with Crippen LogP contribution >= 0.6 is 0 Å². The fraction of sp³-hybridized carbons (Fsp3) is 0.233. The number of benzene rings is 3. The average molecular weight is 509 g/mol. The van der Waals surface area contributed by atoms with Gasteiger partial charge >= 0.3 is 5.76 Å². The fourth-order valence-electron chi connectivity index (χ4n) is 5.37. The van der Waals surface area contributed by atoms with E-state index in [0.29, 0.717) is 23.7 Å². The van der Waals surface area contributed by atoms with Crippen molar-refractivity contribution in [1.29, 1.82) is 0 Å². The minimum Gasteiger partial charge on any atom is -0.488 e. The number of aromatic amines is 1. The molecular formula is C30H25FN4O3. The maximum Gasteiger partial charge on any atom is 0.439 e. The summed E-state index contributed by atoms with van der Waals surface area (Å²) in [5, 5.41) is 3.89. The summed E-state index contributed by atoms with van der Waals surface area (Å²) < 4.78 is 27.4. The molecule has 7 rings (SSSR count). The van der Waals surface area contributed by atoms with Gasteiger partial charge in [0.25, 0.3) is 0 Å². The highest BCUT2D eigenvalue weighted by atomic mass is 19.1. The lowest BCUT2D eigenvalue weighted by Gasteiger charge is -2.15. The average Bonchev–Trinajstić information content (AvgIpc) is 3.57. The molecule has 2 aliphatic rings. The van der Waals surface area contributed by atoms with Crippen LogP contribution in [0.4, 0.5) is 4.39 Å². The first-order valence-corrected chi connectivity index (χ1v) is 12.8. The Morgan fingerprint density at radius 2 is 1.95 bits per heavy atom. The maximum atomic E-state index is 14.2. The van der Waals surface area contributed by atoms with Gasteiger partial charge in [-0.1, -0.05) is 29.4 Å². The van der Waals surface area contributed by atoms with Gasteiger partial charge in [0, 0.05) is 30.2 Å². The van der Waals surface area contributed by atoms with Crippen LogP contribution in [0.5, 0.6) is 5.75 Å². The molecule has 0 saturated heterocycles. The van der Waals surface area contributed by atoms with Crippen LogP contribution in [0.25, 0.3) is 22.2 Å². The number of nitrogens with zero attached hydrogens (tertiary/aromatic N) is 3. The second-order valence-electron chi connectivity index (χ2n) is 10.1. The van der Waals surface area contributed by atoms with E-state index in [0.717, 1.165) is 57.0 Å². The number of allylic oxidation sites excluding steroid dienone is 1. The van der Waals surface area contributed by atoms with Gasteiger partial charge in [0.15, 0.2) is 5.82 Å². The monoisotopic (exact) mass is 508 g/mol. The molecule has 5 aromatic rings. The molecule has 1 aliphatic heterocycles. The van der Waals surface area contributed by atoms with Crippen molar-refractivity contribution in [2.24, 2.45) is 5.92 Å². The Morgan fingerprint density at radius 3 is 2.76 bits per heavy atom. The topological polar surface area (TPSA) is 85.9 Å². The predicted molar refractivity (Wildman–Crippen MR) is 141 cm³/mol. The number of hydrogen-bond acceptors (Lipinski definition) is 5. The Balaban J connectivity index is 1.34. The molecule has 0 amide bonds. The van der Waals surface area contributed by atoms with Gasteiger partial charge in [-0.3, -0.25) is 9.51 Å². The van der Waals surface area contributed by atoms with Crippen LogP contribution < -0.4 is 10.5 Å². The third-order valence-electron chi connectivity index (χ3n) is 7.45. The first kappa shape index (κ1) is 22.7. The number of rotatable bonds is 5.